The summed E-state index contributed by atoms with van der Waals surface area (Å²) in [6, 6.07) is 0. The van der Waals surface area contributed by atoms with E-state index in [4.69, 9.17) is 9.26 Å². The molecular weight excluding hydrogens is 232 g/mol. The predicted molar refractivity (Wildman–Crippen MR) is 68.2 cm³/mol. The summed E-state index contributed by atoms with van der Waals surface area (Å²) in [5.74, 6) is 1.09. The fraction of sp³-hybridized carbons (Fsp3) is 0.846. The number of rotatable bonds is 9. The molecule has 1 heterocycles. The van der Waals surface area contributed by atoms with Crippen molar-refractivity contribution in [3.63, 3.8) is 0 Å². The minimum Gasteiger partial charge on any atom is -0.393 e. The summed E-state index contributed by atoms with van der Waals surface area (Å²) < 4.78 is 10.7. The van der Waals surface area contributed by atoms with Gasteiger partial charge in [0, 0.05) is 6.61 Å². The van der Waals surface area contributed by atoms with E-state index in [2.05, 4.69) is 17.1 Å². The molecule has 18 heavy (non-hydrogen) atoms. The lowest BCUT2D eigenvalue weighted by molar-refractivity contribution is 0.0477. The standard InChI is InChI=1S/C13H24N2O3/c1-4-7-10(16)9-12-14-13(15-18-12)11(8-5-2)17-6-3/h10-11,16H,4-9H2,1-3H3. The van der Waals surface area contributed by atoms with Crippen molar-refractivity contribution in [2.24, 2.45) is 0 Å². The fourth-order valence-electron chi connectivity index (χ4n) is 1.87. The Labute approximate surface area is 109 Å². The zero-order valence-electron chi connectivity index (χ0n) is 11.6. The largest absolute Gasteiger partial charge is 0.393 e. The molecule has 0 aliphatic carbocycles. The first-order valence-corrected chi connectivity index (χ1v) is 6.83. The van der Waals surface area contributed by atoms with Gasteiger partial charge in [-0.1, -0.05) is 31.8 Å². The zero-order chi connectivity index (χ0) is 13.4. The maximum atomic E-state index is 9.70. The second-order valence-electron chi connectivity index (χ2n) is 4.43. The molecule has 0 amide bonds. The van der Waals surface area contributed by atoms with Crippen LogP contribution in [0.5, 0.6) is 0 Å². The van der Waals surface area contributed by atoms with Crippen LogP contribution in [-0.4, -0.2) is 28.0 Å². The molecule has 0 fully saturated rings. The fourth-order valence-corrected chi connectivity index (χ4v) is 1.87. The van der Waals surface area contributed by atoms with Gasteiger partial charge in [-0.25, -0.2) is 0 Å². The Balaban J connectivity index is 2.59. The van der Waals surface area contributed by atoms with Crippen molar-refractivity contribution in [3.8, 4) is 0 Å². The van der Waals surface area contributed by atoms with Crippen LogP contribution in [0.25, 0.3) is 0 Å². The Morgan fingerprint density at radius 3 is 2.56 bits per heavy atom. The van der Waals surface area contributed by atoms with Gasteiger partial charge in [0.15, 0.2) is 0 Å². The molecule has 0 saturated carbocycles. The van der Waals surface area contributed by atoms with Crippen molar-refractivity contribution < 1.29 is 14.4 Å². The summed E-state index contributed by atoms with van der Waals surface area (Å²) in [5.41, 5.74) is 0. The van der Waals surface area contributed by atoms with Crippen LogP contribution in [0.3, 0.4) is 0 Å². The van der Waals surface area contributed by atoms with E-state index in [1.165, 1.54) is 0 Å². The monoisotopic (exact) mass is 256 g/mol. The predicted octanol–water partition coefficient (Wildman–Crippen LogP) is 2.65. The molecule has 1 N–H and O–H groups in total. The SMILES string of the molecule is CCCC(O)Cc1nc(C(CCC)OCC)no1. The maximum Gasteiger partial charge on any atom is 0.229 e. The van der Waals surface area contributed by atoms with Crippen LogP contribution in [0.4, 0.5) is 0 Å². The van der Waals surface area contributed by atoms with E-state index in [-0.39, 0.29) is 6.10 Å². The number of hydrogen-bond donors (Lipinski definition) is 1. The third kappa shape index (κ3) is 4.74. The van der Waals surface area contributed by atoms with Gasteiger partial charge in [0.2, 0.25) is 11.7 Å². The highest BCUT2D eigenvalue weighted by molar-refractivity contribution is 4.92. The van der Waals surface area contributed by atoms with Gasteiger partial charge in [0.05, 0.1) is 12.5 Å². The Morgan fingerprint density at radius 2 is 1.94 bits per heavy atom. The number of aromatic nitrogens is 2. The van der Waals surface area contributed by atoms with Crippen molar-refractivity contribution in [1.82, 2.24) is 10.1 Å². The van der Waals surface area contributed by atoms with E-state index in [9.17, 15) is 5.11 Å². The van der Waals surface area contributed by atoms with Crippen molar-refractivity contribution in [3.05, 3.63) is 11.7 Å². The molecule has 0 radical (unpaired) electrons. The summed E-state index contributed by atoms with van der Waals surface area (Å²) >= 11 is 0. The van der Waals surface area contributed by atoms with Gasteiger partial charge in [-0.2, -0.15) is 4.98 Å². The lowest BCUT2D eigenvalue weighted by Gasteiger charge is -2.11. The molecule has 0 aromatic carbocycles. The van der Waals surface area contributed by atoms with Gasteiger partial charge in [-0.05, 0) is 19.8 Å². The normalized spacial score (nSPS) is 14.7. The first-order chi connectivity index (χ1) is 8.71. The molecular formula is C13H24N2O3. The van der Waals surface area contributed by atoms with Crippen LogP contribution in [-0.2, 0) is 11.2 Å². The molecule has 2 atom stereocenters. The molecule has 0 spiro atoms. The minimum atomic E-state index is -0.403. The van der Waals surface area contributed by atoms with Gasteiger partial charge in [-0.15, -0.1) is 0 Å². The van der Waals surface area contributed by atoms with Gasteiger partial charge in [0.1, 0.15) is 6.10 Å². The van der Waals surface area contributed by atoms with E-state index < -0.39 is 6.10 Å². The van der Waals surface area contributed by atoms with Crippen LogP contribution >= 0.6 is 0 Å². The Hall–Kier alpha value is -0.940. The maximum absolute atomic E-state index is 9.70. The van der Waals surface area contributed by atoms with Gasteiger partial charge in [-0.3, -0.25) is 0 Å². The molecule has 0 aliphatic rings. The molecule has 0 bridgehead atoms. The first-order valence-electron chi connectivity index (χ1n) is 6.83. The number of ether oxygens (including phenoxy) is 1. The van der Waals surface area contributed by atoms with E-state index in [0.717, 1.165) is 25.7 Å². The zero-order valence-corrected chi connectivity index (χ0v) is 11.6. The van der Waals surface area contributed by atoms with Crippen molar-refractivity contribution in [2.75, 3.05) is 6.61 Å². The number of nitrogens with zero attached hydrogens (tertiary/aromatic N) is 2. The molecule has 0 saturated heterocycles. The molecule has 0 aliphatic heterocycles. The molecule has 1 rings (SSSR count). The highest BCUT2D eigenvalue weighted by atomic mass is 16.5. The Bertz CT molecular complexity index is 322. The van der Waals surface area contributed by atoms with E-state index >= 15 is 0 Å². The first kappa shape index (κ1) is 15.1. The molecule has 1 aromatic heterocycles. The molecule has 104 valence electrons. The quantitative estimate of drug-likeness (QED) is 0.735. The summed E-state index contributed by atoms with van der Waals surface area (Å²) in [6.07, 6.45) is 3.51. The second-order valence-corrected chi connectivity index (χ2v) is 4.43. The summed E-state index contributed by atoms with van der Waals surface area (Å²) in [7, 11) is 0. The summed E-state index contributed by atoms with van der Waals surface area (Å²) in [4.78, 5) is 4.31. The van der Waals surface area contributed by atoms with Crippen LogP contribution in [0, 0.1) is 0 Å². The molecule has 5 nitrogen and oxygen atoms in total. The minimum absolute atomic E-state index is 0.0965. The van der Waals surface area contributed by atoms with Gasteiger partial charge in [0.25, 0.3) is 0 Å². The lowest BCUT2D eigenvalue weighted by atomic mass is 10.1. The topological polar surface area (TPSA) is 68.4 Å². The van der Waals surface area contributed by atoms with E-state index in [1.807, 2.05) is 13.8 Å². The van der Waals surface area contributed by atoms with Crippen LogP contribution in [0.15, 0.2) is 4.52 Å². The van der Waals surface area contributed by atoms with Crippen LogP contribution in [0.1, 0.15) is 64.3 Å². The second kappa shape index (κ2) is 8.21. The summed E-state index contributed by atoms with van der Waals surface area (Å²) in [6.45, 7) is 6.72. The Morgan fingerprint density at radius 1 is 1.22 bits per heavy atom. The van der Waals surface area contributed by atoms with E-state index in [0.29, 0.717) is 24.7 Å². The van der Waals surface area contributed by atoms with Crippen molar-refractivity contribution >= 4 is 0 Å². The Kier molecular flexibility index (Phi) is 6.90. The van der Waals surface area contributed by atoms with E-state index in [1.54, 1.807) is 0 Å². The van der Waals surface area contributed by atoms with Crippen LogP contribution in [0.2, 0.25) is 0 Å². The van der Waals surface area contributed by atoms with Crippen molar-refractivity contribution in [1.29, 1.82) is 0 Å². The highest BCUT2D eigenvalue weighted by Crippen LogP contribution is 2.20. The average Bonchev–Trinajstić information content (AvgIpc) is 2.77. The third-order valence-electron chi connectivity index (χ3n) is 2.72. The summed E-state index contributed by atoms with van der Waals surface area (Å²) in [5, 5.41) is 13.6. The third-order valence-corrected chi connectivity index (χ3v) is 2.72. The number of aliphatic hydroxyl groups is 1. The van der Waals surface area contributed by atoms with Gasteiger partial charge < -0.3 is 14.4 Å². The molecule has 2 unspecified atom stereocenters. The van der Waals surface area contributed by atoms with Crippen LogP contribution < -0.4 is 0 Å². The average molecular weight is 256 g/mol. The smallest absolute Gasteiger partial charge is 0.229 e. The molecule has 1 aromatic rings. The molecule has 5 heteroatoms. The lowest BCUT2D eigenvalue weighted by Crippen LogP contribution is -2.10. The number of hydrogen-bond acceptors (Lipinski definition) is 5. The van der Waals surface area contributed by atoms with Crippen molar-refractivity contribution in [2.45, 2.75) is 65.1 Å². The highest BCUT2D eigenvalue weighted by Gasteiger charge is 2.19. The van der Waals surface area contributed by atoms with Gasteiger partial charge >= 0.3 is 0 Å². The number of aliphatic hydroxyl groups excluding tert-OH is 1.